The Morgan fingerprint density at radius 3 is 2.48 bits per heavy atom. The molecule has 2 N–H and O–H groups in total. The number of carbonyl (C=O) groups is 2. The van der Waals surface area contributed by atoms with Gasteiger partial charge in [-0.15, -0.1) is 0 Å². The fraction of sp³-hybridized carbons (Fsp3) is 0.118. The van der Waals surface area contributed by atoms with Crippen LogP contribution in [-0.4, -0.2) is 25.1 Å². The summed E-state index contributed by atoms with van der Waals surface area (Å²) in [6.45, 7) is 0.281. The van der Waals surface area contributed by atoms with E-state index in [0.717, 1.165) is 5.56 Å². The Hall–Kier alpha value is -3.15. The molecule has 0 atom stereocenters. The summed E-state index contributed by atoms with van der Waals surface area (Å²) in [7, 11) is 1.54. The molecule has 6 nitrogen and oxygen atoms in total. The SMILES string of the molecule is COc1ccccc1/C=N/NC(=O)C(=O)NCc1ccccc1. The van der Waals surface area contributed by atoms with E-state index in [1.54, 1.807) is 19.2 Å². The highest BCUT2D eigenvalue weighted by Crippen LogP contribution is 2.14. The Labute approximate surface area is 134 Å². The number of hydrogen-bond acceptors (Lipinski definition) is 4. The predicted octanol–water partition coefficient (Wildman–Crippen LogP) is 1.46. The van der Waals surface area contributed by atoms with Gasteiger partial charge in [0.2, 0.25) is 0 Å². The van der Waals surface area contributed by atoms with Crippen LogP contribution in [0.1, 0.15) is 11.1 Å². The molecule has 0 bridgehead atoms. The molecule has 0 heterocycles. The van der Waals surface area contributed by atoms with Gasteiger partial charge in [-0.1, -0.05) is 42.5 Å². The Kier molecular flexibility index (Phi) is 5.88. The molecule has 0 unspecified atom stereocenters. The lowest BCUT2D eigenvalue weighted by molar-refractivity contribution is -0.139. The number of nitrogens with one attached hydrogen (secondary N) is 2. The van der Waals surface area contributed by atoms with Crippen molar-refractivity contribution >= 4 is 18.0 Å². The van der Waals surface area contributed by atoms with Crippen LogP contribution in [0, 0.1) is 0 Å². The highest BCUT2D eigenvalue weighted by Gasteiger charge is 2.11. The molecular weight excluding hydrogens is 294 g/mol. The first-order valence-electron chi connectivity index (χ1n) is 6.99. The minimum absolute atomic E-state index is 0.281. The van der Waals surface area contributed by atoms with Crippen LogP contribution in [0.25, 0.3) is 0 Å². The minimum Gasteiger partial charge on any atom is -0.496 e. The molecule has 2 rings (SSSR count). The van der Waals surface area contributed by atoms with E-state index in [-0.39, 0.29) is 6.54 Å². The summed E-state index contributed by atoms with van der Waals surface area (Å²) in [5.74, 6) is -0.947. The summed E-state index contributed by atoms with van der Waals surface area (Å²) in [5, 5.41) is 6.28. The van der Waals surface area contributed by atoms with Crippen molar-refractivity contribution in [1.29, 1.82) is 0 Å². The maximum Gasteiger partial charge on any atom is 0.329 e. The molecule has 0 saturated carbocycles. The van der Waals surface area contributed by atoms with E-state index in [2.05, 4.69) is 15.8 Å². The first-order valence-corrected chi connectivity index (χ1v) is 6.99. The van der Waals surface area contributed by atoms with Crippen molar-refractivity contribution in [2.75, 3.05) is 7.11 Å². The number of para-hydroxylation sites is 1. The summed E-state index contributed by atoms with van der Waals surface area (Å²) < 4.78 is 5.15. The third kappa shape index (κ3) is 4.96. The average molecular weight is 311 g/mol. The van der Waals surface area contributed by atoms with E-state index in [1.807, 2.05) is 42.5 Å². The molecule has 0 spiro atoms. The summed E-state index contributed by atoms with van der Waals surface area (Å²) in [6.07, 6.45) is 1.42. The number of benzene rings is 2. The molecule has 2 aromatic carbocycles. The third-order valence-electron chi connectivity index (χ3n) is 3.01. The molecule has 6 heteroatoms. The minimum atomic E-state index is -0.827. The molecule has 2 amide bonds. The van der Waals surface area contributed by atoms with Gasteiger partial charge in [0, 0.05) is 12.1 Å². The molecule has 0 aliphatic carbocycles. The Morgan fingerprint density at radius 1 is 1.04 bits per heavy atom. The summed E-state index contributed by atoms with van der Waals surface area (Å²) in [5.41, 5.74) is 3.78. The van der Waals surface area contributed by atoms with Gasteiger partial charge in [0.05, 0.1) is 13.3 Å². The highest BCUT2D eigenvalue weighted by atomic mass is 16.5. The van der Waals surface area contributed by atoms with Crippen LogP contribution in [-0.2, 0) is 16.1 Å². The van der Waals surface area contributed by atoms with Crippen molar-refractivity contribution < 1.29 is 14.3 Å². The normalized spacial score (nSPS) is 10.3. The number of hydrazone groups is 1. The van der Waals surface area contributed by atoms with Crippen LogP contribution in [0.4, 0.5) is 0 Å². The molecule has 0 radical (unpaired) electrons. The Morgan fingerprint density at radius 2 is 1.74 bits per heavy atom. The topological polar surface area (TPSA) is 79.8 Å². The van der Waals surface area contributed by atoms with Gasteiger partial charge in [0.15, 0.2) is 0 Å². The van der Waals surface area contributed by atoms with Gasteiger partial charge in [0.25, 0.3) is 0 Å². The van der Waals surface area contributed by atoms with Gasteiger partial charge in [-0.05, 0) is 17.7 Å². The first-order chi connectivity index (χ1) is 11.2. The lowest BCUT2D eigenvalue weighted by Gasteiger charge is -2.04. The molecule has 118 valence electrons. The molecule has 0 aliphatic heterocycles. The predicted molar refractivity (Wildman–Crippen MR) is 87.0 cm³/mol. The molecule has 0 aromatic heterocycles. The highest BCUT2D eigenvalue weighted by molar-refractivity contribution is 6.35. The van der Waals surface area contributed by atoms with Crippen LogP contribution in [0.5, 0.6) is 5.75 Å². The number of methoxy groups -OCH3 is 1. The fourth-order valence-electron chi connectivity index (χ4n) is 1.84. The van der Waals surface area contributed by atoms with Crippen LogP contribution in [0.3, 0.4) is 0 Å². The number of hydrogen-bond donors (Lipinski definition) is 2. The van der Waals surface area contributed by atoms with Gasteiger partial charge in [-0.3, -0.25) is 9.59 Å². The second-order valence-electron chi connectivity index (χ2n) is 4.61. The van der Waals surface area contributed by atoms with Crippen molar-refractivity contribution in [2.45, 2.75) is 6.54 Å². The summed E-state index contributed by atoms with van der Waals surface area (Å²) in [4.78, 5) is 23.3. The number of ether oxygens (including phenoxy) is 1. The molecule has 0 saturated heterocycles. The third-order valence-corrected chi connectivity index (χ3v) is 3.01. The number of amides is 2. The average Bonchev–Trinajstić information content (AvgIpc) is 2.60. The largest absolute Gasteiger partial charge is 0.496 e. The zero-order valence-corrected chi connectivity index (χ0v) is 12.7. The van der Waals surface area contributed by atoms with Crippen molar-refractivity contribution in [1.82, 2.24) is 10.7 Å². The lowest BCUT2D eigenvalue weighted by Crippen LogP contribution is -2.37. The smallest absolute Gasteiger partial charge is 0.329 e. The number of nitrogens with zero attached hydrogens (tertiary/aromatic N) is 1. The summed E-state index contributed by atoms with van der Waals surface area (Å²) in [6, 6.07) is 16.5. The maximum atomic E-state index is 11.7. The molecule has 23 heavy (non-hydrogen) atoms. The Balaban J connectivity index is 1.84. The summed E-state index contributed by atoms with van der Waals surface area (Å²) >= 11 is 0. The molecule has 0 fully saturated rings. The van der Waals surface area contributed by atoms with Crippen LogP contribution < -0.4 is 15.5 Å². The first kappa shape index (κ1) is 16.2. The van der Waals surface area contributed by atoms with Crippen LogP contribution >= 0.6 is 0 Å². The lowest BCUT2D eigenvalue weighted by atomic mass is 10.2. The van der Waals surface area contributed by atoms with Gasteiger partial charge < -0.3 is 10.1 Å². The number of carbonyl (C=O) groups excluding carboxylic acids is 2. The van der Waals surface area contributed by atoms with Crippen molar-refractivity contribution in [2.24, 2.45) is 5.10 Å². The standard InChI is InChI=1S/C17H17N3O3/c1-23-15-10-6-5-9-14(15)12-19-20-17(22)16(21)18-11-13-7-3-2-4-8-13/h2-10,12H,11H2,1H3,(H,18,21)(H,20,22)/b19-12+. The van der Waals surface area contributed by atoms with E-state index in [4.69, 9.17) is 4.74 Å². The molecule has 2 aromatic rings. The van der Waals surface area contributed by atoms with E-state index >= 15 is 0 Å². The zero-order valence-electron chi connectivity index (χ0n) is 12.7. The second-order valence-corrected chi connectivity index (χ2v) is 4.61. The van der Waals surface area contributed by atoms with E-state index in [9.17, 15) is 9.59 Å². The molecular formula is C17H17N3O3. The van der Waals surface area contributed by atoms with Crippen molar-refractivity contribution in [3.63, 3.8) is 0 Å². The number of rotatable bonds is 5. The second kappa shape index (κ2) is 8.33. The molecule has 0 aliphatic rings. The van der Waals surface area contributed by atoms with Crippen LogP contribution in [0.2, 0.25) is 0 Å². The monoisotopic (exact) mass is 311 g/mol. The van der Waals surface area contributed by atoms with E-state index in [0.29, 0.717) is 11.3 Å². The fourth-order valence-corrected chi connectivity index (χ4v) is 1.84. The maximum absolute atomic E-state index is 11.7. The van der Waals surface area contributed by atoms with Crippen LogP contribution in [0.15, 0.2) is 59.7 Å². The van der Waals surface area contributed by atoms with Gasteiger partial charge >= 0.3 is 11.8 Å². The van der Waals surface area contributed by atoms with Crippen molar-refractivity contribution in [3.8, 4) is 5.75 Å². The van der Waals surface area contributed by atoms with E-state index in [1.165, 1.54) is 6.21 Å². The van der Waals surface area contributed by atoms with Gasteiger partial charge in [-0.25, -0.2) is 5.43 Å². The quantitative estimate of drug-likeness (QED) is 0.498. The van der Waals surface area contributed by atoms with Gasteiger partial charge in [0.1, 0.15) is 5.75 Å². The van der Waals surface area contributed by atoms with Crippen molar-refractivity contribution in [3.05, 3.63) is 65.7 Å². The van der Waals surface area contributed by atoms with E-state index < -0.39 is 11.8 Å². The van der Waals surface area contributed by atoms with Gasteiger partial charge in [-0.2, -0.15) is 5.10 Å². The Bertz CT molecular complexity index is 699. The zero-order chi connectivity index (χ0) is 16.5.